The van der Waals surface area contributed by atoms with Crippen LogP contribution in [0, 0.1) is 0 Å². The monoisotopic (exact) mass is 242 g/mol. The van der Waals surface area contributed by atoms with Gasteiger partial charge in [-0.25, -0.2) is 4.39 Å². The molecule has 1 aliphatic heterocycles. The first-order chi connectivity index (χ1) is 7.75. The van der Waals surface area contributed by atoms with Crippen molar-refractivity contribution in [2.75, 3.05) is 13.2 Å². The molecule has 4 heteroatoms. The average Bonchev–Trinajstić information content (AvgIpc) is 2.80. The van der Waals surface area contributed by atoms with Gasteiger partial charge in [-0.1, -0.05) is 23.7 Å². The minimum absolute atomic E-state index is 0.282. The third-order valence-electron chi connectivity index (χ3n) is 2.30. The highest BCUT2D eigenvalue weighted by Gasteiger charge is 2.14. The van der Waals surface area contributed by atoms with E-state index in [9.17, 15) is 4.39 Å². The minimum atomic E-state index is -0.307. The molecular weight excluding hydrogens is 231 g/mol. The molecular formula is C12H12ClFO2. The van der Waals surface area contributed by atoms with Gasteiger partial charge in [-0.05, 0) is 18.2 Å². The Hall–Kier alpha value is -0.900. The molecule has 0 unspecified atom stereocenters. The Morgan fingerprint density at radius 2 is 1.94 bits per heavy atom. The van der Waals surface area contributed by atoms with E-state index in [-0.39, 0.29) is 12.1 Å². The quantitative estimate of drug-likeness (QED) is 0.809. The molecule has 0 saturated carbocycles. The van der Waals surface area contributed by atoms with Crippen molar-refractivity contribution in [2.45, 2.75) is 12.7 Å². The SMILES string of the molecule is FC(=CCC1OCCO1)c1ccc(Cl)cc1. The molecule has 86 valence electrons. The topological polar surface area (TPSA) is 18.5 Å². The zero-order valence-corrected chi connectivity index (χ0v) is 9.41. The van der Waals surface area contributed by atoms with E-state index < -0.39 is 0 Å². The summed E-state index contributed by atoms with van der Waals surface area (Å²) in [6.45, 7) is 1.17. The first-order valence-corrected chi connectivity index (χ1v) is 5.48. The van der Waals surface area contributed by atoms with Gasteiger partial charge in [0.15, 0.2) is 6.29 Å². The van der Waals surface area contributed by atoms with Crippen molar-refractivity contribution in [1.29, 1.82) is 0 Å². The lowest BCUT2D eigenvalue weighted by Gasteiger charge is -2.05. The largest absolute Gasteiger partial charge is 0.350 e. The van der Waals surface area contributed by atoms with Gasteiger partial charge in [0.05, 0.1) is 13.2 Å². The van der Waals surface area contributed by atoms with Crippen molar-refractivity contribution >= 4 is 17.4 Å². The van der Waals surface area contributed by atoms with Crippen LogP contribution in [0.2, 0.25) is 5.02 Å². The normalized spacial score (nSPS) is 18.0. The van der Waals surface area contributed by atoms with Gasteiger partial charge in [-0.2, -0.15) is 0 Å². The summed E-state index contributed by atoms with van der Waals surface area (Å²) in [6.07, 6.45) is 1.59. The van der Waals surface area contributed by atoms with E-state index in [1.807, 2.05) is 0 Å². The van der Waals surface area contributed by atoms with Gasteiger partial charge in [0, 0.05) is 17.0 Å². The molecule has 0 aromatic heterocycles. The number of halogens is 2. The molecule has 0 atom stereocenters. The predicted octanol–water partition coefficient (Wildman–Crippen LogP) is 3.41. The molecule has 0 bridgehead atoms. The predicted molar refractivity (Wildman–Crippen MR) is 60.8 cm³/mol. The molecule has 0 spiro atoms. The first kappa shape index (κ1) is 11.6. The van der Waals surface area contributed by atoms with Crippen LogP contribution in [0.5, 0.6) is 0 Å². The highest BCUT2D eigenvalue weighted by molar-refractivity contribution is 6.30. The Bertz CT molecular complexity index is 369. The van der Waals surface area contributed by atoms with E-state index >= 15 is 0 Å². The van der Waals surface area contributed by atoms with Crippen LogP contribution in [-0.2, 0) is 9.47 Å². The highest BCUT2D eigenvalue weighted by atomic mass is 35.5. The standard InChI is InChI=1S/C12H12ClFO2/c13-10-3-1-9(2-4-10)11(14)5-6-12-15-7-8-16-12/h1-5,12H,6-8H2. The van der Waals surface area contributed by atoms with Gasteiger partial charge >= 0.3 is 0 Å². The molecule has 1 heterocycles. The van der Waals surface area contributed by atoms with E-state index in [1.54, 1.807) is 24.3 Å². The smallest absolute Gasteiger partial charge is 0.161 e. The fourth-order valence-corrected chi connectivity index (χ4v) is 1.60. The zero-order valence-electron chi connectivity index (χ0n) is 8.66. The van der Waals surface area contributed by atoms with E-state index in [4.69, 9.17) is 21.1 Å². The minimum Gasteiger partial charge on any atom is -0.350 e. The van der Waals surface area contributed by atoms with Crippen LogP contribution in [0.1, 0.15) is 12.0 Å². The number of hydrogen-bond acceptors (Lipinski definition) is 2. The molecule has 2 rings (SSSR count). The second-order valence-corrected chi connectivity index (χ2v) is 3.90. The van der Waals surface area contributed by atoms with Gasteiger partial charge in [0.1, 0.15) is 5.83 Å². The Kier molecular flexibility index (Phi) is 3.93. The van der Waals surface area contributed by atoms with E-state index in [0.29, 0.717) is 30.2 Å². The summed E-state index contributed by atoms with van der Waals surface area (Å²) in [6, 6.07) is 6.61. The highest BCUT2D eigenvalue weighted by Crippen LogP contribution is 2.20. The van der Waals surface area contributed by atoms with Crippen LogP contribution in [0.25, 0.3) is 5.83 Å². The van der Waals surface area contributed by atoms with Gasteiger partial charge in [-0.3, -0.25) is 0 Å². The lowest BCUT2D eigenvalue weighted by atomic mass is 10.2. The first-order valence-electron chi connectivity index (χ1n) is 5.10. The maximum absolute atomic E-state index is 13.6. The maximum Gasteiger partial charge on any atom is 0.161 e. The van der Waals surface area contributed by atoms with Crippen molar-refractivity contribution in [1.82, 2.24) is 0 Å². The van der Waals surface area contributed by atoms with Gasteiger partial charge in [0.2, 0.25) is 0 Å². The van der Waals surface area contributed by atoms with Crippen LogP contribution >= 0.6 is 11.6 Å². The number of hydrogen-bond donors (Lipinski definition) is 0. The third-order valence-corrected chi connectivity index (χ3v) is 2.55. The van der Waals surface area contributed by atoms with Crippen molar-refractivity contribution in [3.8, 4) is 0 Å². The molecule has 2 nitrogen and oxygen atoms in total. The fourth-order valence-electron chi connectivity index (χ4n) is 1.47. The number of benzene rings is 1. The number of ether oxygens (including phenoxy) is 2. The molecule has 0 radical (unpaired) electrons. The summed E-state index contributed by atoms with van der Waals surface area (Å²) >= 11 is 5.72. The van der Waals surface area contributed by atoms with Gasteiger partial charge in [-0.15, -0.1) is 0 Å². The molecule has 16 heavy (non-hydrogen) atoms. The molecule has 0 aliphatic carbocycles. The summed E-state index contributed by atoms with van der Waals surface area (Å²) in [7, 11) is 0. The summed E-state index contributed by atoms with van der Waals surface area (Å²) in [5, 5.41) is 0.596. The maximum atomic E-state index is 13.6. The summed E-state index contributed by atoms with van der Waals surface area (Å²) in [5.74, 6) is -0.282. The lowest BCUT2D eigenvalue weighted by molar-refractivity contribution is -0.0380. The second kappa shape index (κ2) is 5.43. The van der Waals surface area contributed by atoms with Crippen molar-refractivity contribution < 1.29 is 13.9 Å². The third kappa shape index (κ3) is 3.04. The van der Waals surface area contributed by atoms with Crippen LogP contribution in [0.15, 0.2) is 30.3 Å². The Balaban J connectivity index is 1.97. The summed E-state index contributed by atoms with van der Waals surface area (Å²) in [4.78, 5) is 0. The van der Waals surface area contributed by atoms with Crippen molar-refractivity contribution in [3.05, 3.63) is 40.9 Å². The Morgan fingerprint density at radius 1 is 1.31 bits per heavy atom. The number of rotatable bonds is 3. The van der Waals surface area contributed by atoms with E-state index in [0.717, 1.165) is 0 Å². The van der Waals surface area contributed by atoms with Crippen LogP contribution in [0.4, 0.5) is 4.39 Å². The molecule has 1 fully saturated rings. The van der Waals surface area contributed by atoms with Crippen LogP contribution in [-0.4, -0.2) is 19.5 Å². The molecule has 1 saturated heterocycles. The van der Waals surface area contributed by atoms with Crippen LogP contribution < -0.4 is 0 Å². The summed E-state index contributed by atoms with van der Waals surface area (Å²) in [5.41, 5.74) is 0.516. The van der Waals surface area contributed by atoms with Crippen molar-refractivity contribution in [3.63, 3.8) is 0 Å². The molecule has 1 aliphatic rings. The van der Waals surface area contributed by atoms with Gasteiger partial charge in [0.25, 0.3) is 0 Å². The molecule has 1 aromatic carbocycles. The van der Waals surface area contributed by atoms with E-state index in [1.165, 1.54) is 6.08 Å². The zero-order chi connectivity index (χ0) is 11.4. The Morgan fingerprint density at radius 3 is 2.56 bits per heavy atom. The summed E-state index contributed by atoms with van der Waals surface area (Å²) < 4.78 is 24.0. The van der Waals surface area contributed by atoms with Crippen LogP contribution in [0.3, 0.4) is 0 Å². The fraction of sp³-hybridized carbons (Fsp3) is 0.333. The van der Waals surface area contributed by atoms with Gasteiger partial charge < -0.3 is 9.47 Å². The van der Waals surface area contributed by atoms with Crippen molar-refractivity contribution in [2.24, 2.45) is 0 Å². The molecule has 0 amide bonds. The molecule has 0 N–H and O–H groups in total. The lowest BCUT2D eigenvalue weighted by Crippen LogP contribution is -2.05. The second-order valence-electron chi connectivity index (χ2n) is 3.47. The Labute approximate surface area is 98.6 Å². The average molecular weight is 243 g/mol. The van der Waals surface area contributed by atoms with E-state index in [2.05, 4.69) is 0 Å². The molecule has 1 aromatic rings.